The number of halogens is 5. The van der Waals surface area contributed by atoms with Gasteiger partial charge in [-0.1, -0.05) is 30.0 Å². The van der Waals surface area contributed by atoms with Gasteiger partial charge < -0.3 is 4.74 Å². The van der Waals surface area contributed by atoms with Crippen molar-refractivity contribution < 1.29 is 35.5 Å². The van der Waals surface area contributed by atoms with Gasteiger partial charge in [-0.3, -0.25) is 0 Å². The third-order valence-corrected chi connectivity index (χ3v) is 9.31. The molecule has 13 heteroatoms. The molecule has 4 rings (SSSR count). The van der Waals surface area contributed by atoms with Crippen LogP contribution in [-0.4, -0.2) is 36.2 Å². The van der Waals surface area contributed by atoms with Crippen molar-refractivity contribution in [2.24, 2.45) is 0 Å². The van der Waals surface area contributed by atoms with Gasteiger partial charge in [0.15, 0.2) is 0 Å². The predicted molar refractivity (Wildman–Crippen MR) is 124 cm³/mol. The van der Waals surface area contributed by atoms with Crippen LogP contribution in [0.3, 0.4) is 0 Å². The highest BCUT2D eigenvalue weighted by Crippen LogP contribution is 2.49. The van der Waals surface area contributed by atoms with E-state index in [4.69, 9.17) is 11.6 Å². The van der Waals surface area contributed by atoms with Crippen molar-refractivity contribution in [3.63, 3.8) is 0 Å². The molecule has 0 aliphatic carbocycles. The van der Waals surface area contributed by atoms with E-state index >= 15 is 0 Å². The third-order valence-electron chi connectivity index (χ3n) is 5.40. The second-order valence-corrected chi connectivity index (χ2v) is 11.2. The standard InChI is InChI=1S/C23H17ClF4N2O4S2/c1-34-22(31)14-4-2-5-15(11-14)36(32,33)30(21-19(24)16-6-3-9-29-20(16)35-21)12-13-7-8-18(25)17(10-13)23(26,27)28/h2-11,19,21H,12H2,1H3. The first kappa shape index (κ1) is 26.4. The Balaban J connectivity index is 1.81. The van der Waals surface area contributed by atoms with Crippen molar-refractivity contribution in [2.45, 2.75) is 33.4 Å². The highest BCUT2D eigenvalue weighted by Gasteiger charge is 2.43. The minimum atomic E-state index is -4.98. The molecule has 36 heavy (non-hydrogen) atoms. The Morgan fingerprint density at radius 1 is 1.17 bits per heavy atom. The molecule has 0 amide bonds. The lowest BCUT2D eigenvalue weighted by atomic mass is 10.1. The number of ether oxygens (including phenoxy) is 1. The van der Waals surface area contributed by atoms with Crippen molar-refractivity contribution >= 4 is 39.4 Å². The fraction of sp³-hybridized carbons (Fsp3) is 0.217. The maximum absolute atomic E-state index is 13.9. The van der Waals surface area contributed by atoms with Crippen molar-refractivity contribution in [1.82, 2.24) is 9.29 Å². The van der Waals surface area contributed by atoms with Crippen LogP contribution in [-0.2, 0) is 27.5 Å². The van der Waals surface area contributed by atoms with Crippen molar-refractivity contribution in [2.75, 3.05) is 7.11 Å². The van der Waals surface area contributed by atoms with Gasteiger partial charge in [-0.05, 0) is 42.0 Å². The summed E-state index contributed by atoms with van der Waals surface area (Å²) in [6.07, 6.45) is -3.47. The molecule has 2 atom stereocenters. The van der Waals surface area contributed by atoms with Crippen molar-refractivity contribution in [3.05, 3.63) is 88.9 Å². The molecular weight excluding hydrogens is 544 g/mol. The zero-order valence-corrected chi connectivity index (χ0v) is 20.8. The van der Waals surface area contributed by atoms with Crippen LogP contribution in [0.5, 0.6) is 0 Å². The molecule has 0 N–H and O–H groups in total. The molecular formula is C23H17ClF4N2O4S2. The smallest absolute Gasteiger partial charge is 0.419 e. The number of fused-ring (bicyclic) bond motifs is 1. The number of esters is 1. The summed E-state index contributed by atoms with van der Waals surface area (Å²) in [5, 5.41) is -1.41. The number of methoxy groups -OCH3 is 1. The van der Waals surface area contributed by atoms with Gasteiger partial charge in [0.2, 0.25) is 10.0 Å². The number of hydrogen-bond donors (Lipinski definition) is 0. The van der Waals surface area contributed by atoms with E-state index in [9.17, 15) is 30.8 Å². The van der Waals surface area contributed by atoms with E-state index in [1.54, 1.807) is 12.1 Å². The van der Waals surface area contributed by atoms with Crippen LogP contribution in [0.2, 0.25) is 0 Å². The van der Waals surface area contributed by atoms with Crippen LogP contribution >= 0.6 is 23.4 Å². The van der Waals surface area contributed by atoms with Crippen molar-refractivity contribution in [3.8, 4) is 0 Å². The third kappa shape index (κ3) is 5.08. The van der Waals surface area contributed by atoms with Gasteiger partial charge in [0.25, 0.3) is 0 Å². The molecule has 2 unspecified atom stereocenters. The minimum Gasteiger partial charge on any atom is -0.465 e. The molecule has 190 valence electrons. The summed E-state index contributed by atoms with van der Waals surface area (Å²) < 4.78 is 87.0. The van der Waals surface area contributed by atoms with Crippen LogP contribution in [0.1, 0.15) is 32.4 Å². The number of benzene rings is 2. The first-order valence-corrected chi connectivity index (χ1v) is 13.0. The maximum Gasteiger partial charge on any atom is 0.419 e. The number of carbonyl (C=O) groups is 1. The van der Waals surface area contributed by atoms with Crippen LogP contribution in [0.4, 0.5) is 17.6 Å². The average Bonchev–Trinajstić information content (AvgIpc) is 3.18. The topological polar surface area (TPSA) is 76.6 Å². The largest absolute Gasteiger partial charge is 0.465 e. The molecule has 0 saturated carbocycles. The second-order valence-electron chi connectivity index (χ2n) is 7.69. The molecule has 0 fully saturated rings. The fourth-order valence-corrected chi connectivity index (χ4v) is 7.38. The van der Waals surface area contributed by atoms with Crippen LogP contribution in [0, 0.1) is 5.82 Å². The molecule has 1 aromatic heterocycles. The van der Waals surface area contributed by atoms with Gasteiger partial charge in [-0.25, -0.2) is 22.6 Å². The Morgan fingerprint density at radius 2 is 1.92 bits per heavy atom. The van der Waals surface area contributed by atoms with Crippen molar-refractivity contribution in [1.29, 1.82) is 0 Å². The number of sulfonamides is 1. The highest BCUT2D eigenvalue weighted by molar-refractivity contribution is 8.01. The van der Waals surface area contributed by atoms with E-state index in [0.717, 1.165) is 35.3 Å². The quantitative estimate of drug-likeness (QED) is 0.221. The molecule has 0 saturated heterocycles. The Labute approximate surface area is 213 Å². The number of rotatable bonds is 6. The van der Waals surface area contributed by atoms with E-state index in [1.165, 1.54) is 24.4 Å². The number of thioether (sulfide) groups is 1. The SMILES string of the molecule is COC(=O)c1cccc(S(=O)(=O)N(Cc2ccc(F)c(C(F)(F)F)c2)C2Sc3ncccc3C2Cl)c1. The van der Waals surface area contributed by atoms with E-state index in [2.05, 4.69) is 9.72 Å². The number of carbonyl (C=O) groups excluding carboxylic acids is 1. The predicted octanol–water partition coefficient (Wildman–Crippen LogP) is 5.63. The summed E-state index contributed by atoms with van der Waals surface area (Å²) in [6.45, 7) is -0.553. The summed E-state index contributed by atoms with van der Waals surface area (Å²) in [4.78, 5) is 15.9. The molecule has 0 spiro atoms. The Bertz CT molecular complexity index is 1420. The molecule has 2 aromatic carbocycles. The summed E-state index contributed by atoms with van der Waals surface area (Å²) in [5.41, 5.74) is -1.10. The van der Waals surface area contributed by atoms with E-state index in [0.29, 0.717) is 22.7 Å². The highest BCUT2D eigenvalue weighted by atomic mass is 35.5. The normalized spacial score (nSPS) is 17.8. The van der Waals surface area contributed by atoms with Gasteiger partial charge in [0.05, 0.1) is 33.9 Å². The minimum absolute atomic E-state index is 0.0360. The zero-order valence-electron chi connectivity index (χ0n) is 18.4. The van der Waals surface area contributed by atoms with Gasteiger partial charge in [0, 0.05) is 18.3 Å². The Morgan fingerprint density at radius 3 is 2.58 bits per heavy atom. The molecule has 0 radical (unpaired) electrons. The van der Waals surface area contributed by atoms with Gasteiger partial charge >= 0.3 is 12.1 Å². The molecule has 3 aromatic rings. The summed E-state index contributed by atoms with van der Waals surface area (Å²) in [5.74, 6) is -2.25. The monoisotopic (exact) mass is 560 g/mol. The maximum atomic E-state index is 13.9. The summed E-state index contributed by atoms with van der Waals surface area (Å²) in [7, 11) is -3.30. The van der Waals surface area contributed by atoms with Gasteiger partial charge in [0.1, 0.15) is 10.8 Å². The number of aromatic nitrogens is 1. The lowest BCUT2D eigenvalue weighted by Crippen LogP contribution is -2.39. The van der Waals surface area contributed by atoms with Crippen LogP contribution in [0.25, 0.3) is 0 Å². The Kier molecular flexibility index (Phi) is 7.33. The second kappa shape index (κ2) is 10.0. The molecule has 1 aliphatic heterocycles. The number of alkyl halides is 4. The number of hydrogen-bond acceptors (Lipinski definition) is 6. The zero-order chi connectivity index (χ0) is 26.3. The summed E-state index contributed by atoms with van der Waals surface area (Å²) in [6, 6.07) is 10.6. The first-order chi connectivity index (χ1) is 16.9. The number of pyridine rings is 1. The molecule has 6 nitrogen and oxygen atoms in total. The van der Waals surface area contributed by atoms with Gasteiger partial charge in [-0.15, -0.1) is 11.6 Å². The van der Waals surface area contributed by atoms with Crippen LogP contribution < -0.4 is 0 Å². The van der Waals surface area contributed by atoms with E-state index < -0.39 is 50.8 Å². The average molecular weight is 561 g/mol. The molecule has 1 aliphatic rings. The fourth-order valence-electron chi connectivity index (χ4n) is 3.66. The Hall–Kier alpha value is -2.67. The van der Waals surface area contributed by atoms with E-state index in [-0.39, 0.29) is 16.0 Å². The lowest BCUT2D eigenvalue weighted by molar-refractivity contribution is -0.140. The molecule has 2 heterocycles. The number of nitrogens with zero attached hydrogens (tertiary/aromatic N) is 2. The van der Waals surface area contributed by atoms with Crippen LogP contribution in [0.15, 0.2) is 70.7 Å². The van der Waals surface area contributed by atoms with Gasteiger partial charge in [-0.2, -0.15) is 17.5 Å². The van der Waals surface area contributed by atoms with E-state index in [1.807, 2.05) is 0 Å². The summed E-state index contributed by atoms with van der Waals surface area (Å²) >= 11 is 7.65. The lowest BCUT2D eigenvalue weighted by Gasteiger charge is -2.29. The molecule has 0 bridgehead atoms. The first-order valence-electron chi connectivity index (χ1n) is 10.2.